The lowest BCUT2D eigenvalue weighted by molar-refractivity contribution is 0.0696. The molecule has 3 aromatic rings. The average Bonchev–Trinajstić information content (AvgIpc) is 3.05. The van der Waals surface area contributed by atoms with Crippen LogP contribution < -0.4 is 4.74 Å². The lowest BCUT2D eigenvalue weighted by Crippen LogP contribution is -1.98. The molecular formula is C16H13N3O4. The fourth-order valence-corrected chi connectivity index (χ4v) is 2.31. The van der Waals surface area contributed by atoms with Gasteiger partial charge in [0, 0.05) is 29.1 Å². The number of hydrogen-bond donors (Lipinski definition) is 3. The molecule has 0 amide bonds. The summed E-state index contributed by atoms with van der Waals surface area (Å²) in [4.78, 5) is 15.3. The molecule has 0 unspecified atom stereocenters. The summed E-state index contributed by atoms with van der Waals surface area (Å²) < 4.78 is 5.06. The number of carbonyl (C=O) groups is 1. The number of pyridine rings is 1. The molecule has 0 saturated carbocycles. The Kier molecular flexibility index (Phi) is 3.68. The molecule has 3 N–H and O–H groups in total. The van der Waals surface area contributed by atoms with E-state index in [-0.39, 0.29) is 17.1 Å². The van der Waals surface area contributed by atoms with Gasteiger partial charge < -0.3 is 14.9 Å². The van der Waals surface area contributed by atoms with E-state index in [0.29, 0.717) is 16.8 Å². The summed E-state index contributed by atoms with van der Waals surface area (Å²) in [6.07, 6.45) is 4.81. The van der Waals surface area contributed by atoms with Crippen molar-refractivity contribution < 1.29 is 19.7 Å². The Hall–Kier alpha value is -3.35. The number of methoxy groups -OCH3 is 1. The van der Waals surface area contributed by atoms with Crippen LogP contribution in [-0.4, -0.2) is 38.5 Å². The Morgan fingerprint density at radius 1 is 1.26 bits per heavy atom. The first-order valence-corrected chi connectivity index (χ1v) is 6.70. The molecule has 0 radical (unpaired) electrons. The van der Waals surface area contributed by atoms with E-state index in [9.17, 15) is 15.0 Å². The first-order chi connectivity index (χ1) is 11.1. The summed E-state index contributed by atoms with van der Waals surface area (Å²) in [5.74, 6) is -1.18. The zero-order chi connectivity index (χ0) is 16.4. The van der Waals surface area contributed by atoms with Gasteiger partial charge in [-0.15, -0.1) is 0 Å². The molecule has 7 nitrogen and oxygen atoms in total. The topological polar surface area (TPSA) is 108 Å². The van der Waals surface area contributed by atoms with Crippen LogP contribution in [0, 0.1) is 0 Å². The number of aromatic hydroxyl groups is 1. The number of nitrogens with one attached hydrogen (secondary N) is 1. The third kappa shape index (κ3) is 2.59. The molecule has 0 fully saturated rings. The Balaban J connectivity index is 2.22. The van der Waals surface area contributed by atoms with Crippen molar-refractivity contribution in [2.24, 2.45) is 0 Å². The summed E-state index contributed by atoms with van der Waals surface area (Å²) in [5, 5.41) is 26.4. The Morgan fingerprint density at radius 2 is 2.09 bits per heavy atom. The van der Waals surface area contributed by atoms with Crippen LogP contribution in [-0.2, 0) is 0 Å². The van der Waals surface area contributed by atoms with Crippen molar-refractivity contribution in [1.29, 1.82) is 0 Å². The zero-order valence-corrected chi connectivity index (χ0v) is 12.1. The monoisotopic (exact) mass is 311 g/mol. The molecule has 2 aromatic heterocycles. The van der Waals surface area contributed by atoms with E-state index in [4.69, 9.17) is 4.74 Å². The van der Waals surface area contributed by atoms with Gasteiger partial charge in [0.05, 0.1) is 24.6 Å². The second-order valence-electron chi connectivity index (χ2n) is 4.78. The highest BCUT2D eigenvalue weighted by molar-refractivity contribution is 5.93. The van der Waals surface area contributed by atoms with Crippen molar-refractivity contribution in [1.82, 2.24) is 15.2 Å². The largest absolute Gasteiger partial charge is 0.504 e. The van der Waals surface area contributed by atoms with Crippen molar-refractivity contribution in [2.75, 3.05) is 7.11 Å². The molecule has 0 spiro atoms. The lowest BCUT2D eigenvalue weighted by Gasteiger charge is -2.11. The smallest absolute Gasteiger partial charge is 0.335 e. The number of aromatic nitrogens is 3. The number of nitrogens with zero attached hydrogens (tertiary/aromatic N) is 2. The molecule has 23 heavy (non-hydrogen) atoms. The fourth-order valence-electron chi connectivity index (χ4n) is 2.31. The van der Waals surface area contributed by atoms with E-state index in [0.717, 1.165) is 5.56 Å². The number of aromatic amines is 1. The Labute approximate surface area is 131 Å². The van der Waals surface area contributed by atoms with Crippen molar-refractivity contribution in [3.8, 4) is 33.9 Å². The Morgan fingerprint density at radius 3 is 2.74 bits per heavy atom. The first-order valence-electron chi connectivity index (χ1n) is 6.70. The number of phenolic OH excluding ortho intramolecular Hbond substituents is 1. The van der Waals surface area contributed by atoms with Gasteiger partial charge in [-0.25, -0.2) is 4.79 Å². The molecule has 3 rings (SSSR count). The lowest BCUT2D eigenvalue weighted by atomic mass is 9.99. The number of benzene rings is 1. The minimum absolute atomic E-state index is 0.00740. The molecule has 2 heterocycles. The van der Waals surface area contributed by atoms with Crippen LogP contribution in [0.4, 0.5) is 0 Å². The van der Waals surface area contributed by atoms with Crippen LogP contribution in [0.2, 0.25) is 0 Å². The van der Waals surface area contributed by atoms with Crippen LogP contribution in [0.15, 0.2) is 42.9 Å². The summed E-state index contributed by atoms with van der Waals surface area (Å²) in [6, 6.07) is 6.25. The van der Waals surface area contributed by atoms with Crippen molar-refractivity contribution in [2.45, 2.75) is 0 Å². The minimum atomic E-state index is -1.11. The quantitative estimate of drug-likeness (QED) is 0.683. The molecular weight excluding hydrogens is 298 g/mol. The van der Waals surface area contributed by atoms with Gasteiger partial charge in [-0.2, -0.15) is 5.10 Å². The number of phenols is 1. The van der Waals surface area contributed by atoms with Gasteiger partial charge >= 0.3 is 5.97 Å². The second kappa shape index (κ2) is 5.80. The average molecular weight is 311 g/mol. The molecule has 116 valence electrons. The summed E-state index contributed by atoms with van der Waals surface area (Å²) in [5.41, 5.74) is 2.26. The van der Waals surface area contributed by atoms with Gasteiger partial charge in [0.1, 0.15) is 0 Å². The van der Waals surface area contributed by atoms with E-state index < -0.39 is 5.97 Å². The number of carboxylic acids is 1. The fraction of sp³-hybridized carbons (Fsp3) is 0.0625. The Bertz CT molecular complexity index is 859. The number of hydrogen-bond acceptors (Lipinski definition) is 5. The van der Waals surface area contributed by atoms with Crippen LogP contribution in [0.5, 0.6) is 11.5 Å². The third-order valence-corrected chi connectivity index (χ3v) is 3.42. The van der Waals surface area contributed by atoms with Crippen LogP contribution in [0.1, 0.15) is 10.4 Å². The first kappa shape index (κ1) is 14.6. The molecule has 0 bridgehead atoms. The van der Waals surface area contributed by atoms with Crippen molar-refractivity contribution in [3.05, 3.63) is 48.4 Å². The summed E-state index contributed by atoms with van der Waals surface area (Å²) >= 11 is 0. The van der Waals surface area contributed by atoms with E-state index in [2.05, 4.69) is 15.2 Å². The maximum atomic E-state index is 11.3. The third-order valence-electron chi connectivity index (χ3n) is 3.42. The summed E-state index contributed by atoms with van der Waals surface area (Å²) in [7, 11) is 1.36. The normalized spacial score (nSPS) is 10.5. The maximum absolute atomic E-state index is 11.3. The van der Waals surface area contributed by atoms with Crippen molar-refractivity contribution in [3.63, 3.8) is 0 Å². The van der Waals surface area contributed by atoms with Gasteiger partial charge in [0.15, 0.2) is 11.5 Å². The zero-order valence-electron chi connectivity index (χ0n) is 12.1. The molecule has 0 atom stereocenters. The number of rotatable bonds is 4. The maximum Gasteiger partial charge on any atom is 0.335 e. The highest BCUT2D eigenvalue weighted by Crippen LogP contribution is 2.41. The highest BCUT2D eigenvalue weighted by atomic mass is 16.5. The molecule has 0 aliphatic carbocycles. The van der Waals surface area contributed by atoms with Gasteiger partial charge in [-0.1, -0.05) is 0 Å². The molecule has 0 saturated heterocycles. The van der Waals surface area contributed by atoms with Gasteiger partial charge in [-0.3, -0.25) is 10.1 Å². The van der Waals surface area contributed by atoms with Crippen LogP contribution in [0.25, 0.3) is 22.4 Å². The number of H-pyrrole nitrogens is 1. The predicted octanol–water partition coefficient (Wildman–Crippen LogP) is 2.55. The second-order valence-corrected chi connectivity index (χ2v) is 4.78. The molecule has 7 heteroatoms. The number of ether oxygens (including phenoxy) is 1. The highest BCUT2D eigenvalue weighted by Gasteiger charge is 2.19. The van der Waals surface area contributed by atoms with Gasteiger partial charge in [0.25, 0.3) is 0 Å². The van der Waals surface area contributed by atoms with E-state index in [1.54, 1.807) is 18.5 Å². The van der Waals surface area contributed by atoms with Crippen LogP contribution in [0.3, 0.4) is 0 Å². The molecule has 0 aliphatic rings. The molecule has 1 aromatic carbocycles. The minimum Gasteiger partial charge on any atom is -0.504 e. The standard InChI is InChI=1S/C16H13N3O4/c1-23-13-6-10(16(21)22)5-11(15(13)20)12-8-18-19-14(12)9-3-2-4-17-7-9/h2-8,20H,1H3,(H,18,19)(H,21,22). The number of aromatic carboxylic acids is 1. The SMILES string of the molecule is COc1cc(C(=O)O)cc(-c2cn[nH]c2-c2cccnc2)c1O. The number of carboxylic acid groups (broad SMARTS) is 1. The van der Waals surface area contributed by atoms with Gasteiger partial charge in [0.2, 0.25) is 0 Å². The van der Waals surface area contributed by atoms with E-state index >= 15 is 0 Å². The van der Waals surface area contributed by atoms with Crippen LogP contribution >= 0.6 is 0 Å². The van der Waals surface area contributed by atoms with E-state index in [1.807, 2.05) is 6.07 Å². The van der Waals surface area contributed by atoms with E-state index in [1.165, 1.54) is 25.4 Å². The predicted molar refractivity (Wildman–Crippen MR) is 82.4 cm³/mol. The van der Waals surface area contributed by atoms with Gasteiger partial charge in [-0.05, 0) is 24.3 Å². The van der Waals surface area contributed by atoms with Crippen molar-refractivity contribution >= 4 is 5.97 Å². The molecule has 0 aliphatic heterocycles. The summed E-state index contributed by atoms with van der Waals surface area (Å²) in [6.45, 7) is 0.